The summed E-state index contributed by atoms with van der Waals surface area (Å²) in [5.41, 5.74) is 7.23. The van der Waals surface area contributed by atoms with E-state index in [0.717, 1.165) is 19.4 Å². The molecule has 1 heterocycles. The van der Waals surface area contributed by atoms with Crippen LogP contribution in [0.5, 0.6) is 0 Å². The van der Waals surface area contributed by atoms with E-state index < -0.39 is 0 Å². The average Bonchev–Trinajstić information content (AvgIpc) is 2.85. The van der Waals surface area contributed by atoms with Crippen LogP contribution in [-0.2, 0) is 13.0 Å². The summed E-state index contributed by atoms with van der Waals surface area (Å²) in [7, 11) is 0. The predicted octanol–water partition coefficient (Wildman–Crippen LogP) is 3.91. The molecule has 2 N–H and O–H groups in total. The number of rotatable bonds is 11. The van der Waals surface area contributed by atoms with Crippen molar-refractivity contribution in [2.45, 2.75) is 84.2 Å². The second kappa shape index (κ2) is 10.0. The fourth-order valence-electron chi connectivity index (χ4n) is 2.31. The molecule has 0 aliphatic carbocycles. The van der Waals surface area contributed by atoms with Gasteiger partial charge in [0.25, 0.3) is 0 Å². The van der Waals surface area contributed by atoms with Gasteiger partial charge in [0.1, 0.15) is 0 Å². The van der Waals surface area contributed by atoms with E-state index in [4.69, 9.17) is 5.73 Å². The Balaban J connectivity index is 2.09. The number of aromatic nitrogens is 2. The van der Waals surface area contributed by atoms with Crippen LogP contribution in [0.25, 0.3) is 0 Å². The molecule has 1 unspecified atom stereocenters. The van der Waals surface area contributed by atoms with Crippen molar-refractivity contribution in [2.24, 2.45) is 5.73 Å². The summed E-state index contributed by atoms with van der Waals surface area (Å²) in [5, 5.41) is 4.41. The van der Waals surface area contributed by atoms with Crippen molar-refractivity contribution in [1.82, 2.24) is 9.78 Å². The molecule has 0 saturated heterocycles. The monoisotopic (exact) mass is 265 g/mol. The fourth-order valence-corrected chi connectivity index (χ4v) is 2.31. The summed E-state index contributed by atoms with van der Waals surface area (Å²) in [4.78, 5) is 0. The standard InChI is InChI=1S/C16H31N3/c1-3-5-6-7-8-9-10-11-19-14-15(13-18-19)12-16(17)4-2/h13-14,16H,3-12,17H2,1-2H3. The molecule has 0 amide bonds. The molecule has 0 aromatic carbocycles. The summed E-state index contributed by atoms with van der Waals surface area (Å²) in [6, 6.07) is 0.274. The highest BCUT2D eigenvalue weighted by Gasteiger charge is 2.03. The first-order valence-electron chi connectivity index (χ1n) is 8.03. The van der Waals surface area contributed by atoms with Crippen LogP contribution in [0.2, 0.25) is 0 Å². The van der Waals surface area contributed by atoms with Gasteiger partial charge in [-0.3, -0.25) is 4.68 Å². The maximum absolute atomic E-state index is 5.96. The van der Waals surface area contributed by atoms with Crippen LogP contribution >= 0.6 is 0 Å². The molecule has 0 spiro atoms. The minimum atomic E-state index is 0.274. The molecule has 1 aromatic rings. The third kappa shape index (κ3) is 7.36. The third-order valence-electron chi connectivity index (χ3n) is 3.70. The summed E-state index contributed by atoms with van der Waals surface area (Å²) in [6.07, 6.45) is 15.6. The van der Waals surface area contributed by atoms with Gasteiger partial charge in [-0.1, -0.05) is 52.4 Å². The molecule has 1 aromatic heterocycles. The summed E-state index contributed by atoms with van der Waals surface area (Å²) >= 11 is 0. The smallest absolute Gasteiger partial charge is 0.0522 e. The molecule has 0 saturated carbocycles. The van der Waals surface area contributed by atoms with Crippen molar-refractivity contribution in [1.29, 1.82) is 0 Å². The Kier molecular flexibility index (Phi) is 8.55. The minimum Gasteiger partial charge on any atom is -0.327 e. The molecule has 110 valence electrons. The van der Waals surface area contributed by atoms with Crippen molar-refractivity contribution in [3.8, 4) is 0 Å². The quantitative estimate of drug-likeness (QED) is 0.616. The first-order valence-corrected chi connectivity index (χ1v) is 8.03. The van der Waals surface area contributed by atoms with Crippen molar-refractivity contribution in [3.05, 3.63) is 18.0 Å². The lowest BCUT2D eigenvalue weighted by Gasteiger charge is -2.05. The molecule has 3 nitrogen and oxygen atoms in total. The Morgan fingerprint density at radius 3 is 2.47 bits per heavy atom. The Labute approximate surface area is 118 Å². The normalized spacial score (nSPS) is 12.8. The maximum atomic E-state index is 5.96. The van der Waals surface area contributed by atoms with Gasteiger partial charge in [-0.2, -0.15) is 5.10 Å². The van der Waals surface area contributed by atoms with Crippen molar-refractivity contribution < 1.29 is 0 Å². The van der Waals surface area contributed by atoms with Crippen molar-refractivity contribution in [3.63, 3.8) is 0 Å². The predicted molar refractivity (Wildman–Crippen MR) is 82.2 cm³/mol. The second-order valence-electron chi connectivity index (χ2n) is 5.61. The lowest BCUT2D eigenvalue weighted by molar-refractivity contribution is 0.522. The van der Waals surface area contributed by atoms with Crippen LogP contribution in [0.3, 0.4) is 0 Å². The van der Waals surface area contributed by atoms with Crippen molar-refractivity contribution >= 4 is 0 Å². The van der Waals surface area contributed by atoms with Gasteiger partial charge in [-0.15, -0.1) is 0 Å². The maximum Gasteiger partial charge on any atom is 0.0522 e. The Morgan fingerprint density at radius 2 is 1.79 bits per heavy atom. The van der Waals surface area contributed by atoms with Gasteiger partial charge in [0, 0.05) is 18.8 Å². The van der Waals surface area contributed by atoms with Crippen LogP contribution in [0.4, 0.5) is 0 Å². The SMILES string of the molecule is CCCCCCCCCn1cc(CC(N)CC)cn1. The van der Waals surface area contributed by atoms with E-state index in [9.17, 15) is 0 Å². The molecule has 0 aliphatic heterocycles. The average molecular weight is 265 g/mol. The minimum absolute atomic E-state index is 0.274. The largest absolute Gasteiger partial charge is 0.327 e. The molecule has 0 radical (unpaired) electrons. The highest BCUT2D eigenvalue weighted by Crippen LogP contribution is 2.09. The van der Waals surface area contributed by atoms with Gasteiger partial charge in [0.15, 0.2) is 0 Å². The van der Waals surface area contributed by atoms with Crippen LogP contribution < -0.4 is 5.73 Å². The van der Waals surface area contributed by atoms with E-state index >= 15 is 0 Å². The number of unbranched alkanes of at least 4 members (excludes halogenated alkanes) is 6. The fraction of sp³-hybridized carbons (Fsp3) is 0.812. The molecule has 1 rings (SSSR count). The van der Waals surface area contributed by atoms with Gasteiger partial charge in [0.2, 0.25) is 0 Å². The van der Waals surface area contributed by atoms with E-state index in [2.05, 4.69) is 29.8 Å². The van der Waals surface area contributed by atoms with E-state index in [1.54, 1.807) is 0 Å². The first kappa shape index (κ1) is 16.2. The van der Waals surface area contributed by atoms with Gasteiger partial charge < -0.3 is 5.73 Å². The van der Waals surface area contributed by atoms with Gasteiger partial charge in [-0.05, 0) is 24.8 Å². The molecule has 19 heavy (non-hydrogen) atoms. The lowest BCUT2D eigenvalue weighted by atomic mass is 10.1. The van der Waals surface area contributed by atoms with Crippen LogP contribution in [0, 0.1) is 0 Å². The summed E-state index contributed by atoms with van der Waals surface area (Å²) < 4.78 is 2.07. The van der Waals surface area contributed by atoms with Crippen LogP contribution in [-0.4, -0.2) is 15.8 Å². The highest BCUT2D eigenvalue weighted by molar-refractivity contribution is 5.05. The molecule has 0 fully saturated rings. The zero-order valence-electron chi connectivity index (χ0n) is 12.8. The van der Waals surface area contributed by atoms with Crippen molar-refractivity contribution in [2.75, 3.05) is 0 Å². The summed E-state index contributed by atoms with van der Waals surface area (Å²) in [5.74, 6) is 0. The van der Waals surface area contributed by atoms with Gasteiger partial charge in [0.05, 0.1) is 6.20 Å². The van der Waals surface area contributed by atoms with Crippen LogP contribution in [0.15, 0.2) is 12.4 Å². The molecule has 3 heteroatoms. The Hall–Kier alpha value is -0.830. The number of hydrogen-bond acceptors (Lipinski definition) is 2. The Bertz CT molecular complexity index is 320. The molecular weight excluding hydrogens is 234 g/mol. The van der Waals surface area contributed by atoms with Gasteiger partial charge >= 0.3 is 0 Å². The highest BCUT2D eigenvalue weighted by atomic mass is 15.3. The Morgan fingerprint density at radius 1 is 1.11 bits per heavy atom. The molecule has 1 atom stereocenters. The second-order valence-corrected chi connectivity index (χ2v) is 5.61. The zero-order valence-corrected chi connectivity index (χ0v) is 12.8. The number of nitrogens with two attached hydrogens (primary N) is 1. The molecule has 0 bridgehead atoms. The molecular formula is C16H31N3. The van der Waals surface area contributed by atoms with E-state index in [1.807, 2.05) is 6.20 Å². The summed E-state index contributed by atoms with van der Waals surface area (Å²) in [6.45, 7) is 5.45. The van der Waals surface area contributed by atoms with E-state index in [-0.39, 0.29) is 6.04 Å². The number of nitrogens with zero attached hydrogens (tertiary/aromatic N) is 2. The van der Waals surface area contributed by atoms with E-state index in [0.29, 0.717) is 0 Å². The van der Waals surface area contributed by atoms with Crippen LogP contribution in [0.1, 0.15) is 70.8 Å². The zero-order chi connectivity index (χ0) is 13.9. The third-order valence-corrected chi connectivity index (χ3v) is 3.70. The van der Waals surface area contributed by atoms with E-state index in [1.165, 1.54) is 50.5 Å². The van der Waals surface area contributed by atoms with Gasteiger partial charge in [-0.25, -0.2) is 0 Å². The number of hydrogen-bond donors (Lipinski definition) is 1. The topological polar surface area (TPSA) is 43.8 Å². The molecule has 0 aliphatic rings. The number of aryl methyl sites for hydroxylation is 1. The first-order chi connectivity index (χ1) is 9.26. The lowest BCUT2D eigenvalue weighted by Crippen LogP contribution is -2.21.